The molecule has 0 aromatic heterocycles. The molecule has 0 aliphatic heterocycles. The summed E-state index contributed by atoms with van der Waals surface area (Å²) in [6.45, 7) is 3.95. The van der Waals surface area contributed by atoms with Gasteiger partial charge in [0, 0.05) is 12.3 Å². The molecule has 0 amide bonds. The van der Waals surface area contributed by atoms with E-state index in [0.717, 1.165) is 0 Å². The van der Waals surface area contributed by atoms with Crippen molar-refractivity contribution in [3.05, 3.63) is 0 Å². The van der Waals surface area contributed by atoms with E-state index in [2.05, 4.69) is 4.99 Å². The van der Waals surface area contributed by atoms with Crippen LogP contribution < -0.4 is 0 Å². The van der Waals surface area contributed by atoms with Crippen molar-refractivity contribution in [3.63, 3.8) is 0 Å². The molecular formula is C10H18ClN. The molecule has 0 radical (unpaired) electrons. The van der Waals surface area contributed by atoms with Gasteiger partial charge >= 0.3 is 0 Å². The van der Waals surface area contributed by atoms with E-state index in [1.54, 1.807) is 0 Å². The van der Waals surface area contributed by atoms with Crippen molar-refractivity contribution in [2.24, 2.45) is 4.99 Å². The molecule has 70 valence electrons. The van der Waals surface area contributed by atoms with Crippen LogP contribution in [0.15, 0.2) is 4.99 Å². The van der Waals surface area contributed by atoms with Crippen LogP contribution in [-0.2, 0) is 0 Å². The minimum atomic E-state index is -0.266. The van der Waals surface area contributed by atoms with Crippen LogP contribution in [-0.4, -0.2) is 17.1 Å². The molecule has 2 heteroatoms. The fourth-order valence-electron chi connectivity index (χ4n) is 1.51. The van der Waals surface area contributed by atoms with Crippen LogP contribution in [0.25, 0.3) is 0 Å². The average Bonchev–Trinajstić information content (AvgIpc) is 2.02. The predicted molar refractivity (Wildman–Crippen MR) is 55.3 cm³/mol. The van der Waals surface area contributed by atoms with Gasteiger partial charge in [0.15, 0.2) is 0 Å². The first-order valence-corrected chi connectivity index (χ1v) is 5.19. The zero-order valence-electron chi connectivity index (χ0n) is 8.02. The molecule has 0 N–H and O–H groups in total. The Morgan fingerprint density at radius 2 is 1.83 bits per heavy atom. The average molecular weight is 188 g/mol. The molecule has 0 heterocycles. The Kier molecular flexibility index (Phi) is 3.57. The molecule has 0 atom stereocenters. The van der Waals surface area contributed by atoms with E-state index >= 15 is 0 Å². The second kappa shape index (κ2) is 4.27. The van der Waals surface area contributed by atoms with E-state index in [9.17, 15) is 0 Å². The lowest BCUT2D eigenvalue weighted by Crippen LogP contribution is -2.16. The van der Waals surface area contributed by atoms with Crippen LogP contribution in [0, 0.1) is 0 Å². The fraction of sp³-hybridized carbons (Fsp3) is 0.900. The topological polar surface area (TPSA) is 12.4 Å². The van der Waals surface area contributed by atoms with Crippen molar-refractivity contribution in [2.45, 2.75) is 56.9 Å². The smallest absolute Gasteiger partial charge is 0.0736 e. The SMILES string of the molecule is CC(C)(Cl)C=NC1CCCCC1. The van der Waals surface area contributed by atoms with Crippen LogP contribution in [0.4, 0.5) is 0 Å². The first-order chi connectivity index (χ1) is 5.58. The third kappa shape index (κ3) is 4.10. The van der Waals surface area contributed by atoms with E-state index in [1.165, 1.54) is 32.1 Å². The molecule has 1 rings (SSSR count). The maximum atomic E-state index is 6.00. The predicted octanol–water partition coefficient (Wildman–Crippen LogP) is 3.41. The van der Waals surface area contributed by atoms with Crippen LogP contribution >= 0.6 is 11.6 Å². The number of hydrogen-bond donors (Lipinski definition) is 0. The number of nitrogens with zero attached hydrogens (tertiary/aromatic N) is 1. The molecule has 1 nitrogen and oxygen atoms in total. The zero-order chi connectivity index (χ0) is 9.03. The Morgan fingerprint density at radius 3 is 2.33 bits per heavy atom. The number of alkyl halides is 1. The number of halogens is 1. The van der Waals surface area contributed by atoms with E-state index < -0.39 is 0 Å². The molecule has 1 fully saturated rings. The summed E-state index contributed by atoms with van der Waals surface area (Å²) < 4.78 is 0. The Bertz CT molecular complexity index is 152. The molecule has 0 spiro atoms. The maximum absolute atomic E-state index is 6.00. The van der Waals surface area contributed by atoms with Gasteiger partial charge in [0.2, 0.25) is 0 Å². The van der Waals surface area contributed by atoms with E-state index in [0.29, 0.717) is 6.04 Å². The largest absolute Gasteiger partial charge is 0.292 e. The van der Waals surface area contributed by atoms with Crippen molar-refractivity contribution < 1.29 is 0 Å². The third-order valence-electron chi connectivity index (χ3n) is 2.17. The first kappa shape index (κ1) is 10.0. The minimum absolute atomic E-state index is 0.266. The summed E-state index contributed by atoms with van der Waals surface area (Å²) in [5.74, 6) is 0. The van der Waals surface area contributed by atoms with Gasteiger partial charge in [-0.15, -0.1) is 11.6 Å². The summed E-state index contributed by atoms with van der Waals surface area (Å²) in [7, 11) is 0. The molecule has 1 aliphatic carbocycles. The van der Waals surface area contributed by atoms with Crippen molar-refractivity contribution in [3.8, 4) is 0 Å². The van der Waals surface area contributed by atoms with Crippen molar-refractivity contribution in [1.82, 2.24) is 0 Å². The Balaban J connectivity index is 2.33. The lowest BCUT2D eigenvalue weighted by atomic mass is 9.96. The van der Waals surface area contributed by atoms with Gasteiger partial charge in [-0.05, 0) is 26.7 Å². The van der Waals surface area contributed by atoms with E-state index in [1.807, 2.05) is 20.1 Å². The van der Waals surface area contributed by atoms with Crippen molar-refractivity contribution >= 4 is 17.8 Å². The maximum Gasteiger partial charge on any atom is 0.0736 e. The standard InChI is InChI=1S/C10H18ClN/c1-10(2,11)8-12-9-6-4-3-5-7-9/h8-9H,3-7H2,1-2H3. The van der Waals surface area contributed by atoms with Gasteiger partial charge < -0.3 is 0 Å². The second-order valence-electron chi connectivity index (χ2n) is 4.13. The highest BCUT2D eigenvalue weighted by molar-refractivity contribution is 6.31. The molecular weight excluding hydrogens is 170 g/mol. The molecule has 1 aliphatic rings. The summed E-state index contributed by atoms with van der Waals surface area (Å²) in [5.41, 5.74) is 0. The quantitative estimate of drug-likeness (QED) is 0.464. The van der Waals surface area contributed by atoms with Gasteiger partial charge in [0.25, 0.3) is 0 Å². The summed E-state index contributed by atoms with van der Waals surface area (Å²) in [4.78, 5) is 4.23. The molecule has 0 saturated heterocycles. The van der Waals surface area contributed by atoms with Gasteiger partial charge in [0.05, 0.1) is 4.87 Å². The lowest BCUT2D eigenvalue weighted by molar-refractivity contribution is 0.443. The van der Waals surface area contributed by atoms with Gasteiger partial charge in [-0.3, -0.25) is 4.99 Å². The van der Waals surface area contributed by atoms with Crippen molar-refractivity contribution in [1.29, 1.82) is 0 Å². The summed E-state index contributed by atoms with van der Waals surface area (Å²) in [6, 6.07) is 0.553. The van der Waals surface area contributed by atoms with Gasteiger partial charge in [-0.2, -0.15) is 0 Å². The third-order valence-corrected chi connectivity index (χ3v) is 2.26. The molecule has 12 heavy (non-hydrogen) atoms. The van der Waals surface area contributed by atoms with E-state index in [4.69, 9.17) is 11.6 Å². The van der Waals surface area contributed by atoms with E-state index in [-0.39, 0.29) is 4.87 Å². The Hall–Kier alpha value is -0.0400. The van der Waals surface area contributed by atoms with Crippen LogP contribution in [0.1, 0.15) is 46.0 Å². The molecule has 0 bridgehead atoms. The Labute approximate surface area is 80.2 Å². The summed E-state index contributed by atoms with van der Waals surface area (Å²) in [5, 5.41) is 0. The number of rotatable bonds is 2. The first-order valence-electron chi connectivity index (χ1n) is 4.81. The molecule has 0 aromatic rings. The number of hydrogen-bond acceptors (Lipinski definition) is 1. The second-order valence-corrected chi connectivity index (χ2v) is 5.11. The van der Waals surface area contributed by atoms with Crippen LogP contribution in [0.2, 0.25) is 0 Å². The van der Waals surface area contributed by atoms with Gasteiger partial charge in [0.1, 0.15) is 0 Å². The van der Waals surface area contributed by atoms with Gasteiger partial charge in [-0.25, -0.2) is 0 Å². The molecule has 0 aromatic carbocycles. The summed E-state index contributed by atoms with van der Waals surface area (Å²) in [6.07, 6.45) is 8.46. The molecule has 0 unspecified atom stereocenters. The zero-order valence-corrected chi connectivity index (χ0v) is 8.77. The number of aliphatic imine (C=N–C) groups is 1. The fourth-order valence-corrected chi connectivity index (χ4v) is 1.57. The van der Waals surface area contributed by atoms with Crippen molar-refractivity contribution in [2.75, 3.05) is 0 Å². The highest BCUT2D eigenvalue weighted by Crippen LogP contribution is 2.21. The highest BCUT2D eigenvalue weighted by atomic mass is 35.5. The van der Waals surface area contributed by atoms with Crippen LogP contribution in [0.5, 0.6) is 0 Å². The lowest BCUT2D eigenvalue weighted by Gasteiger charge is -2.18. The minimum Gasteiger partial charge on any atom is -0.292 e. The monoisotopic (exact) mass is 187 g/mol. The van der Waals surface area contributed by atoms with Crippen LogP contribution in [0.3, 0.4) is 0 Å². The Morgan fingerprint density at radius 1 is 1.25 bits per heavy atom. The highest BCUT2D eigenvalue weighted by Gasteiger charge is 2.13. The summed E-state index contributed by atoms with van der Waals surface area (Å²) >= 11 is 6.00. The molecule has 1 saturated carbocycles. The van der Waals surface area contributed by atoms with Gasteiger partial charge in [-0.1, -0.05) is 19.3 Å². The normalized spacial score (nSPS) is 21.9.